The molecule has 2 rings (SSSR count). The first kappa shape index (κ1) is 19.8. The average molecular weight is 360 g/mol. The second-order valence-corrected chi connectivity index (χ2v) is 6.00. The minimum absolute atomic E-state index is 0.0805. The first-order valence-electron chi connectivity index (χ1n) is 9.24. The molecule has 26 heavy (non-hydrogen) atoms. The van der Waals surface area contributed by atoms with Gasteiger partial charge < -0.3 is 15.4 Å². The number of benzene rings is 1. The third-order valence-corrected chi connectivity index (χ3v) is 3.94. The molecule has 1 aromatic carbocycles. The lowest BCUT2D eigenvalue weighted by atomic mass is 10.1. The van der Waals surface area contributed by atoms with Crippen LogP contribution in [0.3, 0.4) is 0 Å². The number of amides is 2. The molecule has 7 nitrogen and oxygen atoms in total. The van der Waals surface area contributed by atoms with Crippen LogP contribution in [0.4, 0.5) is 0 Å². The lowest BCUT2D eigenvalue weighted by molar-refractivity contribution is -0.147. The fourth-order valence-electron chi connectivity index (χ4n) is 2.64. The van der Waals surface area contributed by atoms with E-state index in [1.54, 1.807) is 0 Å². The quantitative estimate of drug-likeness (QED) is 0.302. The van der Waals surface area contributed by atoms with Crippen LogP contribution in [0.15, 0.2) is 35.3 Å². The van der Waals surface area contributed by atoms with Gasteiger partial charge in [0, 0.05) is 45.4 Å². The summed E-state index contributed by atoms with van der Waals surface area (Å²) in [5.41, 5.74) is 0. The summed E-state index contributed by atoms with van der Waals surface area (Å²) in [7, 11) is 0. The topological polar surface area (TPSA) is 83.0 Å². The standard InChI is InChI=1S/C19H28N4O3/c1-2-20-19(21-12-7-15-26-16-8-4-3-5-9-16)22-13-14-23-17(24)10-6-11-18(23)25/h3-5,8-9H,2,6-7,10-15H2,1H3,(H2,20,21,22). The largest absolute Gasteiger partial charge is 0.494 e. The number of guanidine groups is 1. The molecule has 0 bridgehead atoms. The summed E-state index contributed by atoms with van der Waals surface area (Å²) in [6, 6.07) is 9.70. The van der Waals surface area contributed by atoms with E-state index < -0.39 is 0 Å². The zero-order valence-corrected chi connectivity index (χ0v) is 15.4. The Labute approximate surface area is 154 Å². The summed E-state index contributed by atoms with van der Waals surface area (Å²) in [5.74, 6) is 1.38. The summed E-state index contributed by atoms with van der Waals surface area (Å²) >= 11 is 0. The predicted octanol–water partition coefficient (Wildman–Crippen LogP) is 1.55. The van der Waals surface area contributed by atoms with Crippen molar-refractivity contribution in [3.8, 4) is 5.75 Å². The molecule has 0 saturated carbocycles. The van der Waals surface area contributed by atoms with Crippen LogP contribution in [0.1, 0.15) is 32.6 Å². The van der Waals surface area contributed by atoms with Gasteiger partial charge in [0.1, 0.15) is 5.75 Å². The Morgan fingerprint density at radius 2 is 1.88 bits per heavy atom. The van der Waals surface area contributed by atoms with Crippen molar-refractivity contribution in [2.75, 3.05) is 32.8 Å². The molecular formula is C19H28N4O3. The predicted molar refractivity (Wildman–Crippen MR) is 101 cm³/mol. The summed E-state index contributed by atoms with van der Waals surface area (Å²) in [4.78, 5) is 29.4. The van der Waals surface area contributed by atoms with Crippen molar-refractivity contribution in [3.05, 3.63) is 30.3 Å². The highest BCUT2D eigenvalue weighted by atomic mass is 16.5. The lowest BCUT2D eigenvalue weighted by Crippen LogP contribution is -2.46. The van der Waals surface area contributed by atoms with Gasteiger partial charge in [0.05, 0.1) is 6.61 Å². The second kappa shape index (κ2) is 11.1. The number of rotatable bonds is 9. The van der Waals surface area contributed by atoms with Gasteiger partial charge in [-0.2, -0.15) is 0 Å². The van der Waals surface area contributed by atoms with Crippen molar-refractivity contribution in [2.45, 2.75) is 32.6 Å². The molecule has 0 radical (unpaired) electrons. The summed E-state index contributed by atoms with van der Waals surface area (Å²) in [6.45, 7) is 4.83. The third-order valence-electron chi connectivity index (χ3n) is 3.94. The lowest BCUT2D eigenvalue weighted by Gasteiger charge is -2.25. The Balaban J connectivity index is 1.68. The van der Waals surface area contributed by atoms with Crippen LogP contribution in [0.5, 0.6) is 5.75 Å². The number of aliphatic imine (C=N–C) groups is 1. The van der Waals surface area contributed by atoms with Crippen molar-refractivity contribution in [2.24, 2.45) is 4.99 Å². The van der Waals surface area contributed by atoms with E-state index in [0.29, 0.717) is 51.5 Å². The molecule has 1 aliphatic rings. The molecule has 0 spiro atoms. The highest BCUT2D eigenvalue weighted by Crippen LogP contribution is 2.11. The van der Waals surface area contributed by atoms with Gasteiger partial charge in [0.25, 0.3) is 0 Å². The van der Waals surface area contributed by atoms with Gasteiger partial charge in [-0.05, 0) is 25.5 Å². The molecule has 0 aliphatic carbocycles. The fourth-order valence-corrected chi connectivity index (χ4v) is 2.64. The van der Waals surface area contributed by atoms with E-state index in [1.807, 2.05) is 37.3 Å². The first-order chi connectivity index (χ1) is 12.7. The van der Waals surface area contributed by atoms with E-state index in [2.05, 4.69) is 15.6 Å². The zero-order chi connectivity index (χ0) is 18.6. The average Bonchev–Trinajstić information content (AvgIpc) is 2.64. The van der Waals surface area contributed by atoms with Crippen molar-refractivity contribution in [3.63, 3.8) is 0 Å². The summed E-state index contributed by atoms with van der Waals surface area (Å²) < 4.78 is 5.64. The zero-order valence-electron chi connectivity index (χ0n) is 15.4. The monoisotopic (exact) mass is 360 g/mol. The number of carbonyl (C=O) groups is 2. The van der Waals surface area contributed by atoms with Crippen molar-refractivity contribution in [1.82, 2.24) is 15.5 Å². The first-order valence-corrected chi connectivity index (χ1v) is 9.24. The number of likely N-dealkylation sites (tertiary alicyclic amines) is 1. The highest BCUT2D eigenvalue weighted by Gasteiger charge is 2.25. The van der Waals surface area contributed by atoms with Crippen molar-refractivity contribution >= 4 is 17.8 Å². The minimum atomic E-state index is -0.0805. The SMILES string of the molecule is CCNC(=NCCCOc1ccccc1)NCCN1C(=O)CCCC1=O. The van der Waals surface area contributed by atoms with Crippen LogP contribution in [0.25, 0.3) is 0 Å². The molecule has 1 heterocycles. The normalized spacial score (nSPS) is 15.1. The van der Waals surface area contributed by atoms with Crippen LogP contribution in [-0.4, -0.2) is 55.5 Å². The summed E-state index contributed by atoms with van der Waals surface area (Å²) in [6.07, 6.45) is 2.38. The molecule has 1 aromatic rings. The van der Waals surface area contributed by atoms with E-state index in [0.717, 1.165) is 18.7 Å². The Kier molecular flexibility index (Phi) is 8.45. The molecule has 1 saturated heterocycles. The Bertz CT molecular complexity index is 588. The van der Waals surface area contributed by atoms with Gasteiger partial charge in [-0.25, -0.2) is 0 Å². The fraction of sp³-hybridized carbons (Fsp3) is 0.526. The Morgan fingerprint density at radius 1 is 1.15 bits per heavy atom. The third kappa shape index (κ3) is 6.74. The van der Waals surface area contributed by atoms with E-state index in [4.69, 9.17) is 4.74 Å². The number of piperidine rings is 1. The number of carbonyl (C=O) groups excluding carboxylic acids is 2. The molecule has 0 unspecified atom stereocenters. The number of ether oxygens (including phenoxy) is 1. The summed E-state index contributed by atoms with van der Waals surface area (Å²) in [5, 5.41) is 6.33. The van der Waals surface area contributed by atoms with Gasteiger partial charge in [-0.3, -0.25) is 19.5 Å². The van der Waals surface area contributed by atoms with Gasteiger partial charge in [-0.15, -0.1) is 0 Å². The smallest absolute Gasteiger partial charge is 0.229 e. The number of nitrogens with zero attached hydrogens (tertiary/aromatic N) is 2. The van der Waals surface area contributed by atoms with Crippen LogP contribution >= 0.6 is 0 Å². The maximum atomic E-state index is 11.8. The van der Waals surface area contributed by atoms with Crippen molar-refractivity contribution in [1.29, 1.82) is 0 Å². The van der Waals surface area contributed by atoms with Gasteiger partial charge in [-0.1, -0.05) is 18.2 Å². The van der Waals surface area contributed by atoms with Crippen LogP contribution in [-0.2, 0) is 9.59 Å². The van der Waals surface area contributed by atoms with Gasteiger partial charge in [0.15, 0.2) is 5.96 Å². The van der Waals surface area contributed by atoms with Crippen molar-refractivity contribution < 1.29 is 14.3 Å². The van der Waals surface area contributed by atoms with Gasteiger partial charge >= 0.3 is 0 Å². The molecule has 142 valence electrons. The maximum Gasteiger partial charge on any atom is 0.229 e. The maximum absolute atomic E-state index is 11.8. The minimum Gasteiger partial charge on any atom is -0.494 e. The molecule has 0 aromatic heterocycles. The van der Waals surface area contributed by atoms with Crippen LogP contribution in [0.2, 0.25) is 0 Å². The number of imide groups is 1. The molecule has 1 aliphatic heterocycles. The highest BCUT2D eigenvalue weighted by molar-refractivity contribution is 5.97. The van der Waals surface area contributed by atoms with E-state index >= 15 is 0 Å². The Hall–Kier alpha value is -2.57. The molecule has 2 N–H and O–H groups in total. The van der Waals surface area contributed by atoms with Crippen LogP contribution in [0, 0.1) is 0 Å². The molecular weight excluding hydrogens is 332 g/mol. The molecule has 0 atom stereocenters. The number of hydrogen-bond donors (Lipinski definition) is 2. The second-order valence-electron chi connectivity index (χ2n) is 6.00. The number of nitrogens with one attached hydrogen (secondary N) is 2. The van der Waals surface area contributed by atoms with E-state index in [9.17, 15) is 9.59 Å². The molecule has 2 amide bonds. The van der Waals surface area contributed by atoms with Gasteiger partial charge in [0.2, 0.25) is 11.8 Å². The molecule has 1 fully saturated rings. The molecule has 7 heteroatoms. The Morgan fingerprint density at radius 3 is 2.58 bits per heavy atom. The van der Waals surface area contributed by atoms with E-state index in [1.165, 1.54) is 4.90 Å². The number of hydrogen-bond acceptors (Lipinski definition) is 4. The van der Waals surface area contributed by atoms with Crippen LogP contribution < -0.4 is 15.4 Å². The number of para-hydroxylation sites is 1. The van der Waals surface area contributed by atoms with E-state index in [-0.39, 0.29) is 11.8 Å².